The van der Waals surface area contributed by atoms with Crippen molar-refractivity contribution in [3.05, 3.63) is 58.6 Å². The number of aliphatic hydroxyl groups excluding tert-OH is 1. The molecule has 1 aromatic carbocycles. The molecule has 0 aliphatic carbocycles. The molecule has 0 bridgehead atoms. The van der Waals surface area contributed by atoms with Crippen LogP contribution in [-0.2, 0) is 14.4 Å². The van der Waals surface area contributed by atoms with E-state index in [-0.39, 0.29) is 43.7 Å². The summed E-state index contributed by atoms with van der Waals surface area (Å²) in [6, 6.07) is 9.19. The molecule has 2 aromatic heterocycles. The normalized spacial score (nSPS) is 20.5. The maximum atomic E-state index is 13.9. The summed E-state index contributed by atoms with van der Waals surface area (Å²) in [5.74, 6) is -0.823. The van der Waals surface area contributed by atoms with Gasteiger partial charge in [-0.2, -0.15) is 0 Å². The molecule has 1 aliphatic heterocycles. The highest BCUT2D eigenvalue weighted by atomic mass is 32.1. The average molecular weight is 568 g/mol. The molecule has 4 rings (SSSR count). The Morgan fingerprint density at radius 2 is 2.00 bits per heavy atom. The van der Waals surface area contributed by atoms with E-state index in [1.54, 1.807) is 31.4 Å². The van der Waals surface area contributed by atoms with Gasteiger partial charge in [0, 0.05) is 45.1 Å². The van der Waals surface area contributed by atoms with Gasteiger partial charge in [0.1, 0.15) is 23.5 Å². The maximum Gasteiger partial charge on any atom is 0.234 e. The lowest BCUT2D eigenvalue weighted by atomic mass is 9.89. The summed E-state index contributed by atoms with van der Waals surface area (Å²) in [4.78, 5) is 45.9. The number of carbonyl (C=O) groups excluding carboxylic acids is 3. The zero-order valence-corrected chi connectivity index (χ0v) is 24.3. The Morgan fingerprint density at radius 3 is 2.55 bits per heavy atom. The van der Waals surface area contributed by atoms with E-state index in [0.717, 1.165) is 28.0 Å². The van der Waals surface area contributed by atoms with Crippen LogP contribution in [0.2, 0.25) is 0 Å². The predicted octanol–water partition coefficient (Wildman–Crippen LogP) is 3.15. The van der Waals surface area contributed by atoms with Gasteiger partial charge in [0.05, 0.1) is 27.9 Å². The third-order valence-electron chi connectivity index (χ3n) is 7.53. The highest BCUT2D eigenvalue weighted by molar-refractivity contribution is 7.13. The number of benzene rings is 1. The van der Waals surface area contributed by atoms with Crippen LogP contribution in [0.3, 0.4) is 0 Å². The summed E-state index contributed by atoms with van der Waals surface area (Å²) < 4.78 is 5.44. The SMILES string of the molecule is CNC(=O)CC(NCC1(C=O)C[C@@H](O)CN1C(=O)[C@@H](c1cc(C)no1)C(C)C)c1ccc(-c2scnc2C)cc1. The van der Waals surface area contributed by atoms with Crippen molar-refractivity contribution in [1.82, 2.24) is 25.7 Å². The van der Waals surface area contributed by atoms with E-state index in [2.05, 4.69) is 20.8 Å². The van der Waals surface area contributed by atoms with Crippen LogP contribution >= 0.6 is 11.3 Å². The number of aldehydes is 1. The summed E-state index contributed by atoms with van der Waals surface area (Å²) in [7, 11) is 1.58. The van der Waals surface area contributed by atoms with Crippen LogP contribution in [0.1, 0.15) is 61.4 Å². The molecule has 0 saturated carbocycles. The standard InChI is InChI=1S/C29H37N5O5S/c1-17(2)26(24-10-18(3)33-39-24)28(38)34-13-22(36)12-29(34,15-35)14-31-23(11-25(37)30-5)20-6-8-21(9-7-20)27-19(4)32-16-40-27/h6-10,15-17,22-23,26,31,36H,11-14H2,1-5H3,(H,30,37)/t22-,23?,26-,29?/m1/s1. The van der Waals surface area contributed by atoms with Crippen LogP contribution < -0.4 is 10.6 Å². The number of nitrogens with one attached hydrogen (secondary N) is 2. The zero-order chi connectivity index (χ0) is 29.0. The molecule has 214 valence electrons. The van der Waals surface area contributed by atoms with Crippen molar-refractivity contribution in [3.63, 3.8) is 0 Å². The quantitative estimate of drug-likeness (QED) is 0.301. The molecule has 1 fully saturated rings. The van der Waals surface area contributed by atoms with Gasteiger partial charge < -0.3 is 30.0 Å². The number of aliphatic hydroxyl groups is 1. The Balaban J connectivity index is 1.60. The molecule has 3 heterocycles. The van der Waals surface area contributed by atoms with Crippen LogP contribution in [0.15, 0.2) is 40.4 Å². The van der Waals surface area contributed by atoms with Gasteiger partial charge in [-0.3, -0.25) is 9.59 Å². The second-order valence-electron chi connectivity index (χ2n) is 10.8. The molecule has 11 heteroatoms. The van der Waals surface area contributed by atoms with E-state index in [0.29, 0.717) is 11.5 Å². The number of rotatable bonds is 11. The second-order valence-corrected chi connectivity index (χ2v) is 11.7. The fourth-order valence-electron chi connectivity index (χ4n) is 5.38. The van der Waals surface area contributed by atoms with Crippen molar-refractivity contribution in [2.24, 2.45) is 5.92 Å². The molecule has 2 amide bonds. The summed E-state index contributed by atoms with van der Waals surface area (Å²) in [6.45, 7) is 7.65. The number of hydrogen-bond donors (Lipinski definition) is 3. The molecule has 1 saturated heterocycles. The first-order valence-corrected chi connectivity index (χ1v) is 14.3. The van der Waals surface area contributed by atoms with Crippen LogP contribution in [-0.4, -0.2) is 70.0 Å². The first-order valence-electron chi connectivity index (χ1n) is 13.4. The lowest BCUT2D eigenvalue weighted by molar-refractivity contribution is -0.142. The fourth-order valence-corrected chi connectivity index (χ4v) is 6.19. The van der Waals surface area contributed by atoms with E-state index in [1.807, 2.05) is 50.5 Å². The van der Waals surface area contributed by atoms with Crippen molar-refractivity contribution >= 4 is 29.4 Å². The Morgan fingerprint density at radius 1 is 1.27 bits per heavy atom. The van der Waals surface area contributed by atoms with Crippen molar-refractivity contribution in [3.8, 4) is 10.4 Å². The summed E-state index contributed by atoms with van der Waals surface area (Å²) in [5, 5.41) is 20.6. The lowest BCUT2D eigenvalue weighted by Crippen LogP contribution is -2.56. The number of β-amino-alcohol motifs (C(OH)–C–C–N with tert-alkyl or cyclic N) is 1. The van der Waals surface area contributed by atoms with E-state index >= 15 is 0 Å². The van der Waals surface area contributed by atoms with Crippen molar-refractivity contribution in [2.45, 2.75) is 64.1 Å². The van der Waals surface area contributed by atoms with Gasteiger partial charge in [-0.25, -0.2) is 4.98 Å². The molecular weight excluding hydrogens is 530 g/mol. The summed E-state index contributed by atoms with van der Waals surface area (Å²) in [6.07, 6.45) is 0.0991. The molecule has 2 unspecified atom stereocenters. The molecule has 4 atom stereocenters. The van der Waals surface area contributed by atoms with E-state index in [1.165, 1.54) is 4.90 Å². The van der Waals surface area contributed by atoms with Gasteiger partial charge in [0.15, 0.2) is 0 Å². The van der Waals surface area contributed by atoms with Crippen LogP contribution in [0.5, 0.6) is 0 Å². The van der Waals surface area contributed by atoms with Crippen LogP contribution in [0.4, 0.5) is 0 Å². The van der Waals surface area contributed by atoms with Gasteiger partial charge in [0.25, 0.3) is 0 Å². The molecule has 10 nitrogen and oxygen atoms in total. The molecule has 0 spiro atoms. The minimum Gasteiger partial charge on any atom is -0.391 e. The smallest absolute Gasteiger partial charge is 0.234 e. The second kappa shape index (κ2) is 12.4. The van der Waals surface area contributed by atoms with Crippen LogP contribution in [0.25, 0.3) is 10.4 Å². The number of carbonyl (C=O) groups is 3. The molecule has 40 heavy (non-hydrogen) atoms. The molecule has 3 aromatic rings. The number of amides is 2. The van der Waals surface area contributed by atoms with Gasteiger partial charge in [0.2, 0.25) is 11.8 Å². The number of nitrogens with zero attached hydrogens (tertiary/aromatic N) is 3. The third kappa shape index (κ3) is 6.16. The Labute approximate surface area is 238 Å². The van der Waals surface area contributed by atoms with Gasteiger partial charge in [-0.1, -0.05) is 43.3 Å². The monoisotopic (exact) mass is 567 g/mol. The number of hydrogen-bond acceptors (Lipinski definition) is 9. The van der Waals surface area contributed by atoms with Crippen molar-refractivity contribution in [2.75, 3.05) is 20.1 Å². The molecule has 3 N–H and O–H groups in total. The minimum absolute atomic E-state index is 0.0264. The largest absolute Gasteiger partial charge is 0.391 e. The first kappa shape index (κ1) is 29.6. The lowest BCUT2D eigenvalue weighted by Gasteiger charge is -2.37. The molecule has 1 aliphatic rings. The number of aromatic nitrogens is 2. The summed E-state index contributed by atoms with van der Waals surface area (Å²) in [5.41, 5.74) is 4.03. The predicted molar refractivity (Wildman–Crippen MR) is 152 cm³/mol. The van der Waals surface area contributed by atoms with E-state index in [9.17, 15) is 19.5 Å². The molecular formula is C29H37N5O5S. The van der Waals surface area contributed by atoms with Gasteiger partial charge in [-0.05, 0) is 30.9 Å². The van der Waals surface area contributed by atoms with Crippen molar-refractivity contribution < 1.29 is 24.0 Å². The van der Waals surface area contributed by atoms with Gasteiger partial charge >= 0.3 is 0 Å². The minimum atomic E-state index is -1.29. The highest BCUT2D eigenvalue weighted by Crippen LogP contribution is 2.36. The Hall–Kier alpha value is -3.41. The Bertz CT molecular complexity index is 1340. The van der Waals surface area contributed by atoms with Crippen LogP contribution in [0, 0.1) is 19.8 Å². The first-order chi connectivity index (χ1) is 19.1. The zero-order valence-electron chi connectivity index (χ0n) is 23.5. The maximum absolute atomic E-state index is 13.9. The third-order valence-corrected chi connectivity index (χ3v) is 8.51. The highest BCUT2D eigenvalue weighted by Gasteiger charge is 2.50. The van der Waals surface area contributed by atoms with Gasteiger partial charge in [-0.15, -0.1) is 11.3 Å². The topological polar surface area (TPSA) is 138 Å². The molecule has 0 radical (unpaired) electrons. The fraction of sp³-hybridized carbons (Fsp3) is 0.483. The average Bonchev–Trinajstić information content (AvgIpc) is 3.64. The summed E-state index contributed by atoms with van der Waals surface area (Å²) >= 11 is 1.57. The van der Waals surface area contributed by atoms with E-state index in [4.69, 9.17) is 4.52 Å². The Kier molecular flexibility index (Phi) is 9.17. The number of aryl methyl sites for hydroxylation is 2. The van der Waals surface area contributed by atoms with E-state index < -0.39 is 23.6 Å². The number of thiazole rings is 1. The number of likely N-dealkylation sites (tertiary alicyclic amines) is 1. The van der Waals surface area contributed by atoms with Crippen molar-refractivity contribution in [1.29, 1.82) is 0 Å².